The fraction of sp³-hybridized carbons (Fsp3) is 0.424. The third kappa shape index (κ3) is 5.82. The summed E-state index contributed by atoms with van der Waals surface area (Å²) in [6.07, 6.45) is 3.45. The molecule has 2 bridgehead atoms. The summed E-state index contributed by atoms with van der Waals surface area (Å²) >= 11 is 0. The fourth-order valence-electron chi connectivity index (χ4n) is 7.36. The van der Waals surface area contributed by atoms with Crippen molar-refractivity contribution in [2.24, 2.45) is 5.14 Å². The van der Waals surface area contributed by atoms with Gasteiger partial charge in [0.2, 0.25) is 15.9 Å². The maximum absolute atomic E-state index is 16.7. The molecule has 1 aromatic heterocycles. The molecule has 0 radical (unpaired) electrons. The number of piperazine rings is 1. The Balaban J connectivity index is 1.27. The van der Waals surface area contributed by atoms with E-state index >= 15 is 4.39 Å². The molecule has 4 heterocycles. The number of halogens is 1. The Kier molecular flexibility index (Phi) is 7.94. The van der Waals surface area contributed by atoms with Crippen molar-refractivity contribution in [1.82, 2.24) is 19.8 Å². The predicted molar refractivity (Wildman–Crippen MR) is 174 cm³/mol. The van der Waals surface area contributed by atoms with E-state index in [0.29, 0.717) is 42.0 Å². The quantitative estimate of drug-likeness (QED) is 0.293. The van der Waals surface area contributed by atoms with E-state index in [2.05, 4.69) is 21.8 Å². The van der Waals surface area contributed by atoms with Crippen LogP contribution in [0, 0.1) is 5.82 Å². The van der Waals surface area contributed by atoms with Gasteiger partial charge in [-0.1, -0.05) is 30.3 Å². The van der Waals surface area contributed by atoms with E-state index in [0.717, 1.165) is 43.0 Å². The molecule has 242 valence electrons. The SMILES string of the molecule is CN1CCC[C@H]1COc1nc(N2CC3CCC(C2)N3C(=O)CCS(N)(=O)=O)c2ccc(-c3cc(O)cc4ccccc34)c(F)c2n1. The van der Waals surface area contributed by atoms with Gasteiger partial charge in [-0.15, -0.1) is 0 Å². The summed E-state index contributed by atoms with van der Waals surface area (Å²) < 4.78 is 45.8. The number of anilines is 1. The molecule has 7 rings (SSSR count). The molecule has 3 atom stereocenters. The molecule has 3 fully saturated rings. The van der Waals surface area contributed by atoms with Gasteiger partial charge in [0.15, 0.2) is 5.82 Å². The minimum Gasteiger partial charge on any atom is -0.508 e. The third-order valence-corrected chi connectivity index (χ3v) is 10.4. The van der Waals surface area contributed by atoms with Crippen LogP contribution in [0.1, 0.15) is 32.1 Å². The number of carbonyl (C=O) groups excluding carboxylic acids is 1. The highest BCUT2D eigenvalue weighted by Crippen LogP contribution is 2.40. The summed E-state index contributed by atoms with van der Waals surface area (Å²) in [5.74, 6) is -0.602. The Morgan fingerprint density at radius 1 is 1.04 bits per heavy atom. The molecule has 0 saturated carbocycles. The van der Waals surface area contributed by atoms with E-state index in [-0.39, 0.29) is 47.7 Å². The maximum Gasteiger partial charge on any atom is 0.319 e. The Morgan fingerprint density at radius 2 is 1.80 bits per heavy atom. The van der Waals surface area contributed by atoms with Crippen molar-refractivity contribution in [3.05, 3.63) is 54.3 Å². The molecule has 0 aliphatic carbocycles. The van der Waals surface area contributed by atoms with Crippen LogP contribution in [0.3, 0.4) is 0 Å². The van der Waals surface area contributed by atoms with E-state index in [1.807, 2.05) is 30.3 Å². The van der Waals surface area contributed by atoms with Gasteiger partial charge < -0.3 is 24.5 Å². The number of phenols is 1. The number of hydrogen-bond donors (Lipinski definition) is 2. The van der Waals surface area contributed by atoms with Gasteiger partial charge in [-0.3, -0.25) is 4.79 Å². The molecule has 13 heteroatoms. The van der Waals surface area contributed by atoms with Gasteiger partial charge >= 0.3 is 6.01 Å². The molecular formula is C33H37FN6O5S. The largest absolute Gasteiger partial charge is 0.508 e. The van der Waals surface area contributed by atoms with E-state index in [1.165, 1.54) is 0 Å². The number of nitrogens with two attached hydrogens (primary N) is 1. The lowest BCUT2D eigenvalue weighted by Gasteiger charge is -2.42. The standard InChI is InChI=1S/C33H37FN6O5S/c1-38-13-4-6-23(38)19-45-33-36-31-27(11-10-26(30(31)34)28-16-24(41)15-20-5-2-3-7-25(20)28)32(37-33)39-17-21-8-9-22(18-39)40(21)29(42)12-14-46(35,43)44/h2-3,5,7,10-11,15-16,21-23,41H,4,6,8-9,12-14,17-19H2,1H3,(H2,35,43,44)/t21?,22?,23-/m0/s1. The molecule has 3 N–H and O–H groups in total. The molecule has 11 nitrogen and oxygen atoms in total. The molecule has 46 heavy (non-hydrogen) atoms. The lowest BCUT2D eigenvalue weighted by Crippen LogP contribution is -2.56. The van der Waals surface area contributed by atoms with Crippen LogP contribution in [0.5, 0.6) is 11.8 Å². The normalized spacial score (nSPS) is 21.8. The first-order valence-corrected chi connectivity index (χ1v) is 17.4. The first kappa shape index (κ1) is 30.6. The summed E-state index contributed by atoms with van der Waals surface area (Å²) in [5.41, 5.74) is 0.967. The number of hydrogen-bond acceptors (Lipinski definition) is 9. The van der Waals surface area contributed by atoms with Crippen LogP contribution in [0.2, 0.25) is 0 Å². The van der Waals surface area contributed by atoms with Crippen LogP contribution in [0.25, 0.3) is 32.8 Å². The Labute approximate surface area is 266 Å². The van der Waals surface area contributed by atoms with Gasteiger partial charge in [0.1, 0.15) is 23.7 Å². The molecule has 0 spiro atoms. The maximum atomic E-state index is 16.7. The molecule has 2 unspecified atom stereocenters. The smallest absolute Gasteiger partial charge is 0.319 e. The zero-order chi connectivity index (χ0) is 32.2. The first-order valence-electron chi connectivity index (χ1n) is 15.7. The van der Waals surface area contributed by atoms with Crippen molar-refractivity contribution in [3.8, 4) is 22.9 Å². The highest BCUT2D eigenvalue weighted by molar-refractivity contribution is 7.89. The van der Waals surface area contributed by atoms with E-state index in [1.54, 1.807) is 23.1 Å². The molecule has 4 aromatic rings. The average Bonchev–Trinajstić information content (AvgIpc) is 3.56. The summed E-state index contributed by atoms with van der Waals surface area (Å²) in [6.45, 7) is 2.26. The van der Waals surface area contributed by atoms with Gasteiger partial charge in [-0.25, -0.2) is 17.9 Å². The topological polar surface area (TPSA) is 142 Å². The fourth-order valence-corrected chi connectivity index (χ4v) is 7.82. The van der Waals surface area contributed by atoms with Crippen molar-refractivity contribution < 1.29 is 27.4 Å². The number of sulfonamides is 1. The first-order chi connectivity index (χ1) is 22.1. The number of fused-ring (bicyclic) bond motifs is 4. The minimum absolute atomic E-state index is 0.0354. The number of nitrogens with zero attached hydrogens (tertiary/aromatic N) is 5. The van der Waals surface area contributed by atoms with Crippen LogP contribution >= 0.6 is 0 Å². The Morgan fingerprint density at radius 3 is 2.52 bits per heavy atom. The minimum atomic E-state index is -3.75. The highest BCUT2D eigenvalue weighted by atomic mass is 32.2. The van der Waals surface area contributed by atoms with Crippen molar-refractivity contribution in [3.63, 3.8) is 0 Å². The summed E-state index contributed by atoms with van der Waals surface area (Å²) in [4.78, 5) is 28.6. The Hall–Kier alpha value is -4.07. The summed E-state index contributed by atoms with van der Waals surface area (Å²) in [6, 6.07) is 14.2. The Bertz CT molecular complexity index is 1930. The van der Waals surface area contributed by atoms with Crippen molar-refractivity contribution in [2.45, 2.75) is 50.2 Å². The zero-order valence-corrected chi connectivity index (χ0v) is 26.4. The van der Waals surface area contributed by atoms with E-state index in [9.17, 15) is 18.3 Å². The second kappa shape index (κ2) is 11.9. The van der Waals surface area contributed by atoms with Gasteiger partial charge in [-0.2, -0.15) is 9.97 Å². The molecule has 1 amide bonds. The van der Waals surface area contributed by atoms with Gasteiger partial charge in [0.25, 0.3) is 0 Å². The van der Waals surface area contributed by atoms with E-state index in [4.69, 9.17) is 14.9 Å². The molecule has 3 aliphatic rings. The van der Waals surface area contributed by atoms with Crippen molar-refractivity contribution in [2.75, 3.05) is 43.9 Å². The number of likely N-dealkylation sites (tertiary alicyclic amines) is 1. The molecule has 3 saturated heterocycles. The van der Waals surface area contributed by atoms with E-state index < -0.39 is 21.6 Å². The number of amides is 1. The van der Waals surface area contributed by atoms with Crippen LogP contribution in [0.15, 0.2) is 48.5 Å². The third-order valence-electron chi connectivity index (χ3n) is 9.65. The number of aromatic nitrogens is 2. The number of ether oxygens (including phenoxy) is 1. The van der Waals surface area contributed by atoms with Crippen molar-refractivity contribution >= 4 is 43.4 Å². The number of benzene rings is 3. The van der Waals surface area contributed by atoms with Gasteiger partial charge in [0.05, 0.1) is 5.75 Å². The number of rotatable bonds is 8. The highest BCUT2D eigenvalue weighted by Gasteiger charge is 2.43. The number of carbonyl (C=O) groups is 1. The summed E-state index contributed by atoms with van der Waals surface area (Å²) in [5, 5.41) is 17.7. The second-order valence-corrected chi connectivity index (χ2v) is 14.4. The van der Waals surface area contributed by atoms with Crippen LogP contribution in [0.4, 0.5) is 10.2 Å². The molecule has 3 aliphatic heterocycles. The van der Waals surface area contributed by atoms with Gasteiger partial charge in [0, 0.05) is 48.6 Å². The van der Waals surface area contributed by atoms with Crippen LogP contribution in [-0.4, -0.2) is 96.4 Å². The molecular weight excluding hydrogens is 611 g/mol. The summed E-state index contributed by atoms with van der Waals surface area (Å²) in [7, 11) is -1.70. The number of aromatic hydroxyl groups is 1. The number of phenolic OH excluding ortho intramolecular Hbond substituents is 1. The van der Waals surface area contributed by atoms with Crippen LogP contribution in [-0.2, 0) is 14.8 Å². The lowest BCUT2D eigenvalue weighted by molar-refractivity contribution is -0.134. The van der Waals surface area contributed by atoms with Crippen molar-refractivity contribution in [1.29, 1.82) is 0 Å². The van der Waals surface area contributed by atoms with Crippen LogP contribution < -0.4 is 14.8 Å². The van der Waals surface area contributed by atoms with Gasteiger partial charge in [-0.05, 0) is 73.8 Å². The molecule has 3 aromatic carbocycles. The second-order valence-electron chi connectivity index (χ2n) is 12.7. The number of likely N-dealkylation sites (N-methyl/N-ethyl adjacent to an activating group) is 1. The lowest BCUT2D eigenvalue weighted by atomic mass is 9.96. The monoisotopic (exact) mass is 648 g/mol. The average molecular weight is 649 g/mol. The number of primary sulfonamides is 1. The predicted octanol–water partition coefficient (Wildman–Crippen LogP) is 3.63. The zero-order valence-electron chi connectivity index (χ0n) is 25.6.